The highest BCUT2D eigenvalue weighted by Crippen LogP contribution is 2.33. The Hall–Kier alpha value is -0.810. The van der Waals surface area contributed by atoms with Gasteiger partial charge in [-0.05, 0) is 34.6 Å². The molecule has 0 saturated carbocycles. The number of hydrogen-bond donors (Lipinski definition) is 4. The number of nitrogens with one attached hydrogen (secondary N) is 1. The van der Waals surface area contributed by atoms with E-state index in [0.717, 1.165) is 0 Å². The lowest BCUT2D eigenvalue weighted by Gasteiger charge is -2.48. The molecule has 4 N–H and O–H groups in total. The summed E-state index contributed by atoms with van der Waals surface area (Å²) in [5.74, 6) is -0.486. The Morgan fingerprint density at radius 3 is 2.26 bits per heavy atom. The highest BCUT2D eigenvalue weighted by atomic mass is 16.6. The van der Waals surface area contributed by atoms with Crippen molar-refractivity contribution in [2.24, 2.45) is 0 Å². The lowest BCUT2D eigenvalue weighted by molar-refractivity contribution is -0.278. The molecular formula is C18H35NO8. The van der Waals surface area contributed by atoms with Crippen LogP contribution in [0.3, 0.4) is 0 Å². The number of aliphatic hydroxyl groups excluding tert-OH is 3. The molecule has 1 aliphatic rings. The van der Waals surface area contributed by atoms with E-state index in [1.54, 1.807) is 34.6 Å². The molecule has 1 fully saturated rings. The second kappa shape index (κ2) is 10.1. The number of carbonyl (C=O) groups is 1. The minimum Gasteiger partial charge on any atom is -0.394 e. The zero-order chi connectivity index (χ0) is 20.8. The first-order chi connectivity index (χ1) is 12.4. The van der Waals surface area contributed by atoms with Crippen molar-refractivity contribution >= 4 is 5.91 Å². The van der Waals surface area contributed by atoms with Gasteiger partial charge in [-0.25, -0.2) is 0 Å². The van der Waals surface area contributed by atoms with Gasteiger partial charge in [0.05, 0.1) is 31.0 Å². The van der Waals surface area contributed by atoms with Crippen molar-refractivity contribution in [3.05, 3.63) is 0 Å². The minimum absolute atomic E-state index is 0.0982. The van der Waals surface area contributed by atoms with Crippen molar-refractivity contribution in [1.29, 1.82) is 0 Å². The summed E-state index contributed by atoms with van der Waals surface area (Å²) in [6.45, 7) is 9.28. The quantitative estimate of drug-likeness (QED) is 0.376. The normalized spacial score (nSPS) is 29.6. The van der Waals surface area contributed by atoms with Gasteiger partial charge in [0.15, 0.2) is 6.10 Å². The monoisotopic (exact) mass is 393 g/mol. The fraction of sp³-hybridized carbons (Fsp3) is 0.944. The molecule has 1 saturated heterocycles. The second-order valence-corrected chi connectivity index (χ2v) is 8.09. The van der Waals surface area contributed by atoms with Crippen LogP contribution in [0.2, 0.25) is 0 Å². The molecule has 0 aromatic heterocycles. The summed E-state index contributed by atoms with van der Waals surface area (Å²) < 4.78 is 22.2. The molecule has 0 bridgehead atoms. The average Bonchev–Trinajstić information content (AvgIpc) is 2.57. The predicted octanol–water partition coefficient (Wildman–Crippen LogP) is -0.791. The average molecular weight is 393 g/mol. The van der Waals surface area contributed by atoms with Gasteiger partial charge in [-0.15, -0.1) is 0 Å². The van der Waals surface area contributed by atoms with Crippen LogP contribution in [0.5, 0.6) is 0 Å². The zero-order valence-corrected chi connectivity index (χ0v) is 17.1. The largest absolute Gasteiger partial charge is 0.394 e. The van der Waals surface area contributed by atoms with E-state index in [0.29, 0.717) is 0 Å². The van der Waals surface area contributed by atoms with Crippen LogP contribution in [0.1, 0.15) is 34.6 Å². The number of hydrogen-bond acceptors (Lipinski definition) is 8. The topological polar surface area (TPSA) is 127 Å². The number of amides is 1. The lowest BCUT2D eigenvalue weighted by atomic mass is 9.86. The fourth-order valence-corrected chi connectivity index (χ4v) is 2.82. The number of carbonyl (C=O) groups excluding carboxylic acids is 1. The molecule has 1 aliphatic heterocycles. The van der Waals surface area contributed by atoms with Crippen molar-refractivity contribution in [1.82, 2.24) is 5.32 Å². The predicted molar refractivity (Wildman–Crippen MR) is 97.3 cm³/mol. The molecular weight excluding hydrogens is 358 g/mol. The first-order valence-electron chi connectivity index (χ1n) is 9.15. The molecule has 1 rings (SSSR count). The Labute approximate surface area is 160 Å². The smallest absolute Gasteiger partial charge is 0.252 e. The number of methoxy groups -OCH3 is 1. The van der Waals surface area contributed by atoms with Crippen LogP contribution in [0, 0.1) is 0 Å². The van der Waals surface area contributed by atoms with Gasteiger partial charge in [0.2, 0.25) is 0 Å². The summed E-state index contributed by atoms with van der Waals surface area (Å²) in [7, 11) is 1.47. The summed E-state index contributed by atoms with van der Waals surface area (Å²) in [6.07, 6.45) is -5.75. The molecule has 9 heteroatoms. The van der Waals surface area contributed by atoms with Gasteiger partial charge in [0, 0.05) is 13.7 Å². The van der Waals surface area contributed by atoms with E-state index >= 15 is 0 Å². The fourth-order valence-electron chi connectivity index (χ4n) is 2.82. The Balaban J connectivity index is 2.95. The van der Waals surface area contributed by atoms with Crippen LogP contribution in [-0.4, -0.2) is 96.4 Å². The molecule has 0 aromatic carbocycles. The molecule has 0 aromatic rings. The van der Waals surface area contributed by atoms with E-state index in [9.17, 15) is 15.0 Å². The molecule has 27 heavy (non-hydrogen) atoms. The van der Waals surface area contributed by atoms with Gasteiger partial charge >= 0.3 is 0 Å². The van der Waals surface area contributed by atoms with Crippen molar-refractivity contribution < 1.29 is 39.1 Å². The molecule has 0 radical (unpaired) electrons. The third-order valence-electron chi connectivity index (χ3n) is 4.33. The van der Waals surface area contributed by atoms with Crippen LogP contribution in [0.25, 0.3) is 0 Å². The van der Waals surface area contributed by atoms with Gasteiger partial charge in [0.1, 0.15) is 24.4 Å². The van der Waals surface area contributed by atoms with E-state index in [1.807, 2.05) is 0 Å². The number of aliphatic hydroxyl groups is 3. The summed E-state index contributed by atoms with van der Waals surface area (Å²) in [6, 6.07) is 0. The van der Waals surface area contributed by atoms with E-state index in [2.05, 4.69) is 5.32 Å². The standard InChI is InChI=1S/C18H35NO8/c1-17(2,3)27-13-11(21)12(22)15(18(4,5)24-6)26-14(13)16(23)19-7-9-25-10-8-20/h11-15,20-22H,7-10H2,1-6H3,(H,19,23)/t11-,12+,13+,14?,15-/m1/s1. The Kier molecular flexibility index (Phi) is 9.07. The molecule has 0 spiro atoms. The Bertz CT molecular complexity index is 465. The first-order valence-corrected chi connectivity index (χ1v) is 9.15. The summed E-state index contributed by atoms with van der Waals surface area (Å²) in [4.78, 5) is 12.7. The number of rotatable bonds is 9. The molecule has 9 nitrogen and oxygen atoms in total. The highest BCUT2D eigenvalue weighted by Gasteiger charge is 2.53. The van der Waals surface area contributed by atoms with Crippen LogP contribution >= 0.6 is 0 Å². The van der Waals surface area contributed by atoms with Crippen molar-refractivity contribution in [3.8, 4) is 0 Å². The second-order valence-electron chi connectivity index (χ2n) is 8.09. The molecule has 1 amide bonds. The SMILES string of the molecule is COC(C)(C)[C@@H]1OC(C(=O)NCCOCCO)[C@@H](OC(C)(C)C)[C@H](O)[C@@H]1O. The maximum absolute atomic E-state index is 12.7. The van der Waals surface area contributed by atoms with E-state index in [1.165, 1.54) is 7.11 Å². The molecule has 1 unspecified atom stereocenters. The van der Waals surface area contributed by atoms with Crippen molar-refractivity contribution in [2.45, 2.75) is 76.3 Å². The first kappa shape index (κ1) is 24.2. The van der Waals surface area contributed by atoms with Gasteiger partial charge in [-0.2, -0.15) is 0 Å². The van der Waals surface area contributed by atoms with Crippen molar-refractivity contribution in [3.63, 3.8) is 0 Å². The maximum atomic E-state index is 12.7. The van der Waals surface area contributed by atoms with Gasteiger partial charge in [-0.3, -0.25) is 4.79 Å². The van der Waals surface area contributed by atoms with E-state index in [4.69, 9.17) is 24.1 Å². The zero-order valence-electron chi connectivity index (χ0n) is 17.1. The van der Waals surface area contributed by atoms with Crippen LogP contribution in [0.4, 0.5) is 0 Å². The third kappa shape index (κ3) is 6.94. The third-order valence-corrected chi connectivity index (χ3v) is 4.33. The Morgan fingerprint density at radius 1 is 1.11 bits per heavy atom. The van der Waals surface area contributed by atoms with E-state index < -0.39 is 47.6 Å². The maximum Gasteiger partial charge on any atom is 0.252 e. The van der Waals surface area contributed by atoms with Gasteiger partial charge < -0.3 is 39.6 Å². The van der Waals surface area contributed by atoms with Crippen molar-refractivity contribution in [2.75, 3.05) is 33.5 Å². The highest BCUT2D eigenvalue weighted by molar-refractivity contribution is 5.81. The molecule has 1 heterocycles. The van der Waals surface area contributed by atoms with Crippen LogP contribution in [-0.2, 0) is 23.7 Å². The molecule has 160 valence electrons. The lowest BCUT2D eigenvalue weighted by Crippen LogP contribution is -2.67. The van der Waals surface area contributed by atoms with Crippen LogP contribution < -0.4 is 5.32 Å². The van der Waals surface area contributed by atoms with Gasteiger partial charge in [0.25, 0.3) is 5.91 Å². The van der Waals surface area contributed by atoms with Gasteiger partial charge in [-0.1, -0.05) is 0 Å². The summed E-state index contributed by atoms with van der Waals surface area (Å²) >= 11 is 0. The van der Waals surface area contributed by atoms with E-state index in [-0.39, 0.29) is 26.4 Å². The minimum atomic E-state index is -1.33. The Morgan fingerprint density at radius 2 is 1.74 bits per heavy atom. The summed E-state index contributed by atoms with van der Waals surface area (Å²) in [5, 5.41) is 32.5. The number of ether oxygens (including phenoxy) is 4. The van der Waals surface area contributed by atoms with Crippen LogP contribution in [0.15, 0.2) is 0 Å². The summed E-state index contributed by atoms with van der Waals surface area (Å²) in [5.41, 5.74) is -1.60. The molecule has 0 aliphatic carbocycles. The molecule has 5 atom stereocenters.